The van der Waals surface area contributed by atoms with Crippen molar-refractivity contribution in [3.8, 4) is 0 Å². The Morgan fingerprint density at radius 1 is 1.39 bits per heavy atom. The smallest absolute Gasteiger partial charge is 0.312 e. The van der Waals surface area contributed by atoms with Crippen LogP contribution < -0.4 is 0 Å². The summed E-state index contributed by atoms with van der Waals surface area (Å²) in [6.07, 6.45) is 0.456. The quantitative estimate of drug-likeness (QED) is 0.837. The number of nitrogens with zero attached hydrogens (tertiary/aromatic N) is 3. The first-order valence-corrected chi connectivity index (χ1v) is 5.74. The van der Waals surface area contributed by atoms with E-state index in [1.54, 1.807) is 13.8 Å². The topological polar surface area (TPSA) is 38.1 Å². The highest BCUT2D eigenvalue weighted by Gasteiger charge is 2.36. The highest BCUT2D eigenvalue weighted by Crippen LogP contribution is 2.21. The van der Waals surface area contributed by atoms with E-state index in [4.69, 9.17) is 0 Å². The lowest BCUT2D eigenvalue weighted by Crippen LogP contribution is -2.46. The van der Waals surface area contributed by atoms with Gasteiger partial charge in [0.1, 0.15) is 12.9 Å². The third kappa shape index (κ3) is 3.75. The second-order valence-electron chi connectivity index (χ2n) is 3.97. The molecule has 1 rings (SSSR count). The number of carbonyl (C=O) groups excluding carboxylic acids is 1. The summed E-state index contributed by atoms with van der Waals surface area (Å²) in [5, 5.41) is 0. The molecule has 1 aromatic heterocycles. The molecule has 0 bridgehead atoms. The van der Waals surface area contributed by atoms with Gasteiger partial charge in [0.2, 0.25) is 0 Å². The number of rotatable bonds is 4. The van der Waals surface area contributed by atoms with Crippen LogP contribution in [0.3, 0.4) is 0 Å². The second kappa shape index (κ2) is 5.88. The van der Waals surface area contributed by atoms with Crippen LogP contribution in [-0.2, 0) is 0 Å². The Kier molecular flexibility index (Phi) is 4.75. The molecule has 0 unspecified atom stereocenters. The zero-order valence-electron chi connectivity index (χ0n) is 10.3. The summed E-state index contributed by atoms with van der Waals surface area (Å²) in [6.45, 7) is 2.29. The Balaban J connectivity index is 2.93. The lowest BCUT2D eigenvalue weighted by molar-refractivity contribution is -0.144. The summed E-state index contributed by atoms with van der Waals surface area (Å²) in [5.41, 5.74) is 0. The van der Waals surface area contributed by atoms with E-state index >= 15 is 0 Å². The molecule has 0 fully saturated rings. The SMILES string of the molecule is CCC(CC)N(CC(F)(F)F)C(=O)n1ccnc1. The normalized spacial score (nSPS) is 11.9. The van der Waals surface area contributed by atoms with Crippen LogP contribution in [-0.4, -0.2) is 39.2 Å². The zero-order valence-corrected chi connectivity index (χ0v) is 10.3. The number of hydrogen-bond acceptors (Lipinski definition) is 2. The van der Waals surface area contributed by atoms with Gasteiger partial charge in [-0.2, -0.15) is 13.2 Å². The van der Waals surface area contributed by atoms with Crippen LogP contribution in [0.15, 0.2) is 18.7 Å². The lowest BCUT2D eigenvalue weighted by Gasteiger charge is -2.31. The number of alkyl halides is 3. The first kappa shape index (κ1) is 14.5. The zero-order chi connectivity index (χ0) is 13.8. The molecule has 4 nitrogen and oxygen atoms in total. The predicted molar refractivity (Wildman–Crippen MR) is 60.2 cm³/mol. The van der Waals surface area contributed by atoms with Gasteiger partial charge in [-0.3, -0.25) is 4.57 Å². The third-order valence-corrected chi connectivity index (χ3v) is 2.70. The fraction of sp³-hybridized carbons (Fsp3) is 0.636. The number of amides is 1. The predicted octanol–water partition coefficient (Wildman–Crippen LogP) is 2.90. The molecule has 0 radical (unpaired) electrons. The summed E-state index contributed by atoms with van der Waals surface area (Å²) in [4.78, 5) is 16.5. The van der Waals surface area contributed by atoms with Crippen molar-refractivity contribution in [2.24, 2.45) is 0 Å². The van der Waals surface area contributed by atoms with Crippen LogP contribution in [0.25, 0.3) is 0 Å². The van der Waals surface area contributed by atoms with E-state index in [1.807, 2.05) is 0 Å². The molecule has 0 aliphatic carbocycles. The van der Waals surface area contributed by atoms with Crippen molar-refractivity contribution in [2.75, 3.05) is 6.54 Å². The molecule has 18 heavy (non-hydrogen) atoms. The van der Waals surface area contributed by atoms with Crippen molar-refractivity contribution in [3.63, 3.8) is 0 Å². The molecule has 0 spiro atoms. The molecule has 0 saturated carbocycles. The van der Waals surface area contributed by atoms with Crippen LogP contribution in [0.1, 0.15) is 26.7 Å². The minimum absolute atomic E-state index is 0.429. The van der Waals surface area contributed by atoms with Crippen molar-refractivity contribution >= 4 is 6.03 Å². The Morgan fingerprint density at radius 3 is 2.39 bits per heavy atom. The highest BCUT2D eigenvalue weighted by molar-refractivity contribution is 5.77. The van der Waals surface area contributed by atoms with E-state index in [0.29, 0.717) is 12.8 Å². The van der Waals surface area contributed by atoms with Crippen molar-refractivity contribution in [1.82, 2.24) is 14.5 Å². The van der Waals surface area contributed by atoms with E-state index in [9.17, 15) is 18.0 Å². The number of carbonyl (C=O) groups is 1. The molecule has 0 aromatic carbocycles. The van der Waals surface area contributed by atoms with Gasteiger partial charge in [-0.1, -0.05) is 13.8 Å². The van der Waals surface area contributed by atoms with Gasteiger partial charge in [0.15, 0.2) is 0 Å². The summed E-state index contributed by atoms with van der Waals surface area (Å²) >= 11 is 0. The molecule has 0 saturated heterocycles. The Morgan fingerprint density at radius 2 is 2.00 bits per heavy atom. The van der Waals surface area contributed by atoms with E-state index in [2.05, 4.69) is 4.98 Å². The van der Waals surface area contributed by atoms with E-state index in [0.717, 1.165) is 9.47 Å². The summed E-state index contributed by atoms with van der Waals surface area (Å²) in [6, 6.07) is -1.12. The van der Waals surface area contributed by atoms with Crippen LogP contribution >= 0.6 is 0 Å². The van der Waals surface area contributed by atoms with Crippen LogP contribution in [0, 0.1) is 0 Å². The number of aromatic nitrogens is 2. The van der Waals surface area contributed by atoms with E-state index in [1.165, 1.54) is 18.7 Å². The molecule has 0 N–H and O–H groups in total. The van der Waals surface area contributed by atoms with E-state index in [-0.39, 0.29) is 0 Å². The molecular weight excluding hydrogens is 247 g/mol. The number of halogens is 3. The molecule has 1 amide bonds. The molecule has 1 aromatic rings. The van der Waals surface area contributed by atoms with Crippen LogP contribution in [0.2, 0.25) is 0 Å². The first-order chi connectivity index (χ1) is 8.39. The molecular formula is C11H16F3N3O. The molecule has 102 valence electrons. The van der Waals surface area contributed by atoms with Gasteiger partial charge in [0, 0.05) is 18.4 Å². The van der Waals surface area contributed by atoms with Crippen LogP contribution in [0.4, 0.5) is 18.0 Å². The highest BCUT2D eigenvalue weighted by atomic mass is 19.4. The first-order valence-electron chi connectivity index (χ1n) is 5.74. The molecule has 0 aliphatic rings. The van der Waals surface area contributed by atoms with Gasteiger partial charge in [0.25, 0.3) is 0 Å². The van der Waals surface area contributed by atoms with Crippen molar-refractivity contribution < 1.29 is 18.0 Å². The average molecular weight is 263 g/mol. The maximum atomic E-state index is 12.5. The van der Waals surface area contributed by atoms with Gasteiger partial charge in [-0.15, -0.1) is 0 Å². The minimum atomic E-state index is -4.40. The number of hydrogen-bond donors (Lipinski definition) is 0. The van der Waals surface area contributed by atoms with Gasteiger partial charge in [-0.25, -0.2) is 9.78 Å². The average Bonchev–Trinajstić information content (AvgIpc) is 2.80. The number of imidazole rings is 1. The monoisotopic (exact) mass is 263 g/mol. The fourth-order valence-electron chi connectivity index (χ4n) is 1.80. The lowest BCUT2D eigenvalue weighted by atomic mass is 10.1. The summed E-state index contributed by atoms with van der Waals surface area (Å²) < 4.78 is 38.6. The summed E-state index contributed by atoms with van der Waals surface area (Å²) in [5.74, 6) is 0. The van der Waals surface area contributed by atoms with Gasteiger partial charge in [-0.05, 0) is 12.8 Å². The molecule has 0 aliphatic heterocycles. The maximum absolute atomic E-state index is 12.5. The summed E-state index contributed by atoms with van der Waals surface area (Å²) in [7, 11) is 0. The van der Waals surface area contributed by atoms with Crippen molar-refractivity contribution in [2.45, 2.75) is 38.9 Å². The van der Waals surface area contributed by atoms with E-state index < -0.39 is 24.8 Å². The van der Waals surface area contributed by atoms with Crippen molar-refractivity contribution in [3.05, 3.63) is 18.7 Å². The van der Waals surface area contributed by atoms with Gasteiger partial charge >= 0.3 is 12.2 Å². The molecule has 7 heteroatoms. The van der Waals surface area contributed by atoms with Gasteiger partial charge in [0.05, 0.1) is 0 Å². The van der Waals surface area contributed by atoms with Crippen molar-refractivity contribution in [1.29, 1.82) is 0 Å². The fourth-order valence-corrected chi connectivity index (χ4v) is 1.80. The van der Waals surface area contributed by atoms with Gasteiger partial charge < -0.3 is 4.90 Å². The Hall–Kier alpha value is -1.53. The second-order valence-corrected chi connectivity index (χ2v) is 3.97. The third-order valence-electron chi connectivity index (χ3n) is 2.70. The standard InChI is InChI=1S/C11H16F3N3O/c1-3-9(4-2)17(7-11(12,13)14)10(18)16-6-5-15-8-16/h5-6,8-9H,3-4,7H2,1-2H3. The molecule has 0 atom stereocenters. The maximum Gasteiger partial charge on any atom is 0.406 e. The van der Waals surface area contributed by atoms with Crippen LogP contribution in [0.5, 0.6) is 0 Å². The molecule has 1 heterocycles. The Labute approximate surface area is 103 Å². The largest absolute Gasteiger partial charge is 0.406 e. The minimum Gasteiger partial charge on any atom is -0.312 e. The Bertz CT molecular complexity index is 371.